The van der Waals surface area contributed by atoms with E-state index in [2.05, 4.69) is 30.4 Å². The summed E-state index contributed by atoms with van der Waals surface area (Å²) in [7, 11) is 0. The fourth-order valence-electron chi connectivity index (χ4n) is 3.27. The number of anilines is 1. The van der Waals surface area contributed by atoms with Crippen molar-refractivity contribution in [1.29, 1.82) is 0 Å². The lowest BCUT2D eigenvalue weighted by molar-refractivity contribution is 0.102. The molecule has 1 fully saturated rings. The molecule has 104 valence electrons. The van der Waals surface area contributed by atoms with Crippen molar-refractivity contribution in [2.24, 2.45) is 0 Å². The normalized spacial score (nSPS) is 25.9. The molecule has 1 N–H and O–H groups in total. The number of nitrogens with one attached hydrogen (secondary N) is 1. The average Bonchev–Trinajstić information content (AvgIpc) is 2.92. The first-order valence-corrected chi connectivity index (χ1v) is 7.81. The molecule has 2 unspecified atom stereocenters. The Kier molecular flexibility index (Phi) is 4.07. The molecule has 0 bridgehead atoms. The van der Waals surface area contributed by atoms with Crippen LogP contribution in [0.5, 0.6) is 0 Å². The van der Waals surface area contributed by atoms with Gasteiger partial charge in [-0.05, 0) is 69.1 Å². The van der Waals surface area contributed by atoms with Gasteiger partial charge in [0.15, 0.2) is 0 Å². The van der Waals surface area contributed by atoms with Crippen molar-refractivity contribution >= 4 is 5.69 Å². The molecule has 19 heavy (non-hydrogen) atoms. The summed E-state index contributed by atoms with van der Waals surface area (Å²) in [6, 6.07) is 7.59. The fourth-order valence-corrected chi connectivity index (χ4v) is 3.27. The van der Waals surface area contributed by atoms with Gasteiger partial charge >= 0.3 is 0 Å². The first kappa shape index (κ1) is 13.0. The third-order valence-electron chi connectivity index (χ3n) is 4.43. The molecule has 0 saturated carbocycles. The van der Waals surface area contributed by atoms with Gasteiger partial charge in [-0.2, -0.15) is 0 Å². The Morgan fingerprint density at radius 2 is 2.26 bits per heavy atom. The van der Waals surface area contributed by atoms with E-state index in [1.165, 1.54) is 61.8 Å². The zero-order valence-electron chi connectivity index (χ0n) is 12.0. The van der Waals surface area contributed by atoms with Gasteiger partial charge in [0.05, 0.1) is 6.10 Å². The van der Waals surface area contributed by atoms with E-state index in [1.54, 1.807) is 0 Å². The molecule has 0 amide bonds. The minimum Gasteiger partial charge on any atom is -0.382 e. The molecule has 2 aliphatic rings. The van der Waals surface area contributed by atoms with Crippen LogP contribution in [0.1, 0.15) is 50.2 Å². The number of benzene rings is 1. The van der Waals surface area contributed by atoms with Gasteiger partial charge in [-0.3, -0.25) is 0 Å². The van der Waals surface area contributed by atoms with E-state index < -0.39 is 0 Å². The van der Waals surface area contributed by atoms with Gasteiger partial charge in [-0.1, -0.05) is 12.1 Å². The average molecular weight is 259 g/mol. The summed E-state index contributed by atoms with van der Waals surface area (Å²) >= 11 is 0. The van der Waals surface area contributed by atoms with Crippen molar-refractivity contribution in [2.45, 2.75) is 64.0 Å². The number of fused-ring (bicyclic) bond motifs is 1. The minimum absolute atomic E-state index is 0.542. The second-order valence-electron chi connectivity index (χ2n) is 6.10. The molecule has 2 atom stereocenters. The predicted octanol–water partition coefficient (Wildman–Crippen LogP) is 3.93. The molecular formula is C17H25NO. The van der Waals surface area contributed by atoms with Crippen LogP contribution in [0.2, 0.25) is 0 Å². The molecule has 2 heteroatoms. The number of rotatable bonds is 4. The largest absolute Gasteiger partial charge is 0.382 e. The highest BCUT2D eigenvalue weighted by Gasteiger charge is 2.16. The van der Waals surface area contributed by atoms with Crippen LogP contribution in [-0.2, 0) is 17.6 Å². The number of ether oxygens (including phenoxy) is 1. The molecule has 1 aromatic carbocycles. The Hall–Kier alpha value is -1.02. The number of hydrogen-bond acceptors (Lipinski definition) is 2. The smallest absolute Gasteiger partial charge is 0.0576 e. The van der Waals surface area contributed by atoms with E-state index in [0.29, 0.717) is 12.1 Å². The van der Waals surface area contributed by atoms with Crippen LogP contribution >= 0.6 is 0 Å². The third-order valence-corrected chi connectivity index (χ3v) is 4.43. The van der Waals surface area contributed by atoms with Crippen LogP contribution in [0.15, 0.2) is 18.2 Å². The summed E-state index contributed by atoms with van der Waals surface area (Å²) in [6.45, 7) is 3.24. The molecule has 2 heterocycles. The topological polar surface area (TPSA) is 21.3 Å². The van der Waals surface area contributed by atoms with Gasteiger partial charge in [0.2, 0.25) is 0 Å². The highest BCUT2D eigenvalue weighted by molar-refractivity contribution is 5.55. The maximum absolute atomic E-state index is 5.68. The molecule has 1 saturated heterocycles. The summed E-state index contributed by atoms with van der Waals surface area (Å²) in [6.07, 6.45) is 9.23. The minimum atomic E-state index is 0.542. The summed E-state index contributed by atoms with van der Waals surface area (Å²) in [5.74, 6) is 0. The van der Waals surface area contributed by atoms with Gasteiger partial charge in [0.25, 0.3) is 0 Å². The van der Waals surface area contributed by atoms with Crippen molar-refractivity contribution < 1.29 is 4.74 Å². The zero-order valence-corrected chi connectivity index (χ0v) is 12.0. The Bertz CT molecular complexity index is 423. The van der Waals surface area contributed by atoms with Crippen molar-refractivity contribution in [3.63, 3.8) is 0 Å². The van der Waals surface area contributed by atoms with Crippen LogP contribution < -0.4 is 5.32 Å². The predicted molar refractivity (Wildman–Crippen MR) is 79.8 cm³/mol. The lowest BCUT2D eigenvalue weighted by Gasteiger charge is -2.24. The lowest BCUT2D eigenvalue weighted by atomic mass is 9.95. The molecule has 2 nitrogen and oxygen atoms in total. The third kappa shape index (κ3) is 3.30. The van der Waals surface area contributed by atoms with Crippen LogP contribution in [-0.4, -0.2) is 18.8 Å². The van der Waals surface area contributed by atoms with Crippen molar-refractivity contribution in [2.75, 3.05) is 11.9 Å². The molecule has 1 aromatic rings. The van der Waals surface area contributed by atoms with E-state index in [0.717, 1.165) is 6.61 Å². The quantitative estimate of drug-likeness (QED) is 0.884. The highest BCUT2D eigenvalue weighted by Crippen LogP contribution is 2.26. The molecule has 0 aliphatic carbocycles. The van der Waals surface area contributed by atoms with Crippen LogP contribution in [0.25, 0.3) is 0 Å². The SMILES string of the molecule is CC1CCc2cc(CCCC3CCCO3)ccc2N1. The van der Waals surface area contributed by atoms with E-state index in [-0.39, 0.29) is 0 Å². The summed E-state index contributed by atoms with van der Waals surface area (Å²) in [5.41, 5.74) is 4.35. The fraction of sp³-hybridized carbons (Fsp3) is 0.647. The molecule has 0 aromatic heterocycles. The standard InChI is InChI=1S/C17H25NO/c1-13-7-9-15-12-14(8-10-17(15)18-13)4-2-5-16-6-3-11-19-16/h8,10,12-13,16,18H,2-7,9,11H2,1H3. The van der Waals surface area contributed by atoms with E-state index >= 15 is 0 Å². The second-order valence-corrected chi connectivity index (χ2v) is 6.10. The monoisotopic (exact) mass is 259 g/mol. The van der Waals surface area contributed by atoms with Gasteiger partial charge in [0.1, 0.15) is 0 Å². The van der Waals surface area contributed by atoms with E-state index in [9.17, 15) is 0 Å². The molecule has 0 spiro atoms. The summed E-state index contributed by atoms with van der Waals surface area (Å²) in [4.78, 5) is 0. The van der Waals surface area contributed by atoms with E-state index in [1.807, 2.05) is 0 Å². The molecule has 3 rings (SSSR count). The first-order valence-electron chi connectivity index (χ1n) is 7.81. The van der Waals surface area contributed by atoms with Crippen molar-refractivity contribution in [3.8, 4) is 0 Å². The maximum atomic E-state index is 5.68. The second kappa shape index (κ2) is 5.96. The Morgan fingerprint density at radius 1 is 1.32 bits per heavy atom. The highest BCUT2D eigenvalue weighted by atomic mass is 16.5. The lowest BCUT2D eigenvalue weighted by Crippen LogP contribution is -2.21. The first-order chi connectivity index (χ1) is 9.31. The van der Waals surface area contributed by atoms with Gasteiger partial charge in [-0.15, -0.1) is 0 Å². The Balaban J connectivity index is 1.53. The van der Waals surface area contributed by atoms with Gasteiger partial charge in [0, 0.05) is 18.3 Å². The Labute approximate surface area is 116 Å². The molecular weight excluding hydrogens is 234 g/mol. The maximum Gasteiger partial charge on any atom is 0.0576 e. The van der Waals surface area contributed by atoms with Crippen molar-refractivity contribution in [1.82, 2.24) is 0 Å². The molecule has 2 aliphatic heterocycles. The van der Waals surface area contributed by atoms with Gasteiger partial charge < -0.3 is 10.1 Å². The Morgan fingerprint density at radius 3 is 3.11 bits per heavy atom. The zero-order chi connectivity index (χ0) is 13.1. The van der Waals surface area contributed by atoms with Crippen LogP contribution in [0.3, 0.4) is 0 Å². The number of aryl methyl sites for hydroxylation is 2. The van der Waals surface area contributed by atoms with Gasteiger partial charge in [-0.25, -0.2) is 0 Å². The summed E-state index contributed by atoms with van der Waals surface area (Å²) in [5, 5.41) is 3.57. The summed E-state index contributed by atoms with van der Waals surface area (Å²) < 4.78 is 5.68. The van der Waals surface area contributed by atoms with Crippen LogP contribution in [0, 0.1) is 0 Å². The number of hydrogen-bond donors (Lipinski definition) is 1. The van der Waals surface area contributed by atoms with E-state index in [4.69, 9.17) is 4.74 Å². The molecule has 0 radical (unpaired) electrons. The van der Waals surface area contributed by atoms with Crippen LogP contribution in [0.4, 0.5) is 5.69 Å². The van der Waals surface area contributed by atoms with Crippen molar-refractivity contribution in [3.05, 3.63) is 29.3 Å².